The predicted octanol–water partition coefficient (Wildman–Crippen LogP) is 2.90. The van der Waals surface area contributed by atoms with Crippen LogP contribution in [0.25, 0.3) is 6.08 Å². The minimum absolute atomic E-state index is 0.0361. The van der Waals surface area contributed by atoms with E-state index in [0.29, 0.717) is 11.3 Å². The standard InChI is InChI=1S/C20H19N3O3/c1-13-17(12-14-8-10-15(11-9-14)22(2)3)20(26)23(21-13)19(25)16-6-4-5-7-18(16)24/h4-12,24H,1-3H3. The quantitative estimate of drug-likeness (QED) is 0.683. The lowest BCUT2D eigenvalue weighted by Gasteiger charge is -2.12. The Morgan fingerprint density at radius 2 is 1.77 bits per heavy atom. The van der Waals surface area contributed by atoms with Crippen LogP contribution in [-0.4, -0.2) is 41.7 Å². The molecule has 0 unspecified atom stereocenters. The maximum Gasteiger partial charge on any atom is 0.285 e. The van der Waals surface area contributed by atoms with Crippen LogP contribution in [0.5, 0.6) is 5.75 Å². The number of hydrogen-bond donors (Lipinski definition) is 1. The Morgan fingerprint density at radius 3 is 2.38 bits per heavy atom. The van der Waals surface area contributed by atoms with E-state index >= 15 is 0 Å². The fourth-order valence-corrected chi connectivity index (χ4v) is 2.63. The summed E-state index contributed by atoms with van der Waals surface area (Å²) in [6.07, 6.45) is 1.71. The Kier molecular flexibility index (Phi) is 4.58. The van der Waals surface area contributed by atoms with Crippen molar-refractivity contribution < 1.29 is 14.7 Å². The number of anilines is 1. The van der Waals surface area contributed by atoms with Gasteiger partial charge in [0.1, 0.15) is 5.75 Å². The first-order chi connectivity index (χ1) is 12.4. The Hall–Kier alpha value is -3.41. The van der Waals surface area contributed by atoms with Crippen molar-refractivity contribution in [3.05, 3.63) is 65.2 Å². The number of phenols is 1. The molecule has 1 N–H and O–H groups in total. The zero-order chi connectivity index (χ0) is 18.8. The van der Waals surface area contributed by atoms with Gasteiger partial charge in [0.2, 0.25) is 0 Å². The molecule has 0 atom stereocenters. The van der Waals surface area contributed by atoms with Gasteiger partial charge in [-0.05, 0) is 42.8 Å². The van der Waals surface area contributed by atoms with Crippen LogP contribution in [0.4, 0.5) is 5.69 Å². The molecule has 1 aliphatic heterocycles. The number of rotatable bonds is 3. The zero-order valence-corrected chi connectivity index (χ0v) is 14.8. The summed E-state index contributed by atoms with van der Waals surface area (Å²) in [6, 6.07) is 13.8. The van der Waals surface area contributed by atoms with E-state index in [9.17, 15) is 14.7 Å². The number of carbonyl (C=O) groups is 2. The zero-order valence-electron chi connectivity index (χ0n) is 14.8. The second-order valence-electron chi connectivity index (χ2n) is 6.17. The van der Waals surface area contributed by atoms with Crippen LogP contribution in [0.2, 0.25) is 0 Å². The highest BCUT2D eigenvalue weighted by Gasteiger charge is 2.33. The molecule has 132 valence electrons. The van der Waals surface area contributed by atoms with E-state index in [0.717, 1.165) is 16.3 Å². The Balaban J connectivity index is 1.88. The molecule has 0 aromatic heterocycles. The summed E-state index contributed by atoms with van der Waals surface area (Å²) in [5, 5.41) is 14.7. The van der Waals surface area contributed by atoms with E-state index in [1.807, 2.05) is 43.3 Å². The van der Waals surface area contributed by atoms with Crippen LogP contribution in [0, 0.1) is 0 Å². The summed E-state index contributed by atoms with van der Waals surface area (Å²) in [4.78, 5) is 27.2. The lowest BCUT2D eigenvalue weighted by Crippen LogP contribution is -2.29. The number of benzene rings is 2. The predicted molar refractivity (Wildman–Crippen MR) is 101 cm³/mol. The van der Waals surface area contributed by atoms with Gasteiger partial charge in [-0.1, -0.05) is 24.3 Å². The molecule has 0 aliphatic carbocycles. The average Bonchev–Trinajstić information content (AvgIpc) is 2.90. The number of imide groups is 1. The van der Waals surface area contributed by atoms with Crippen LogP contribution in [0.3, 0.4) is 0 Å². The van der Waals surface area contributed by atoms with Crippen molar-refractivity contribution >= 4 is 29.3 Å². The molecule has 2 amide bonds. The van der Waals surface area contributed by atoms with Crippen LogP contribution >= 0.6 is 0 Å². The van der Waals surface area contributed by atoms with Crippen molar-refractivity contribution in [2.45, 2.75) is 6.92 Å². The normalized spacial score (nSPS) is 15.3. The highest BCUT2D eigenvalue weighted by molar-refractivity contribution is 6.30. The average molecular weight is 349 g/mol. The maximum absolute atomic E-state index is 12.7. The van der Waals surface area contributed by atoms with Gasteiger partial charge in [-0.3, -0.25) is 9.59 Å². The first kappa shape index (κ1) is 17.4. The van der Waals surface area contributed by atoms with Gasteiger partial charge in [0.05, 0.1) is 16.8 Å². The Labute approximate surface area is 151 Å². The fourth-order valence-electron chi connectivity index (χ4n) is 2.63. The van der Waals surface area contributed by atoms with E-state index in [-0.39, 0.29) is 11.3 Å². The van der Waals surface area contributed by atoms with Crippen molar-refractivity contribution in [1.29, 1.82) is 0 Å². The first-order valence-corrected chi connectivity index (χ1v) is 8.10. The van der Waals surface area contributed by atoms with Crippen LogP contribution in [0.15, 0.2) is 59.2 Å². The molecule has 0 radical (unpaired) electrons. The third-order valence-electron chi connectivity index (χ3n) is 4.11. The van der Waals surface area contributed by atoms with Gasteiger partial charge in [0.25, 0.3) is 11.8 Å². The minimum Gasteiger partial charge on any atom is -0.507 e. The monoisotopic (exact) mass is 349 g/mol. The molecule has 3 rings (SSSR count). The molecule has 1 heterocycles. The molecular formula is C20H19N3O3. The minimum atomic E-state index is -0.654. The highest BCUT2D eigenvalue weighted by atomic mass is 16.3. The van der Waals surface area contributed by atoms with Crippen molar-refractivity contribution in [3.8, 4) is 5.75 Å². The molecule has 0 spiro atoms. The van der Waals surface area contributed by atoms with Crippen molar-refractivity contribution in [2.75, 3.05) is 19.0 Å². The van der Waals surface area contributed by atoms with Crippen LogP contribution in [0.1, 0.15) is 22.8 Å². The van der Waals surface area contributed by atoms with Gasteiger partial charge in [-0.15, -0.1) is 0 Å². The molecule has 0 saturated carbocycles. The van der Waals surface area contributed by atoms with E-state index in [1.165, 1.54) is 12.1 Å². The summed E-state index contributed by atoms with van der Waals surface area (Å²) in [5.74, 6) is -1.35. The lowest BCUT2D eigenvalue weighted by atomic mass is 10.1. The number of carbonyl (C=O) groups excluding carboxylic acids is 2. The number of amides is 2. The van der Waals surface area contributed by atoms with Gasteiger partial charge >= 0.3 is 0 Å². The van der Waals surface area contributed by atoms with E-state index in [2.05, 4.69) is 5.10 Å². The van der Waals surface area contributed by atoms with Gasteiger partial charge in [-0.2, -0.15) is 10.1 Å². The molecule has 0 bridgehead atoms. The largest absolute Gasteiger partial charge is 0.507 e. The van der Waals surface area contributed by atoms with E-state index in [4.69, 9.17) is 0 Å². The number of aromatic hydroxyl groups is 1. The Bertz CT molecular complexity index is 928. The molecule has 26 heavy (non-hydrogen) atoms. The van der Waals surface area contributed by atoms with E-state index in [1.54, 1.807) is 25.1 Å². The molecule has 0 fully saturated rings. The smallest absolute Gasteiger partial charge is 0.285 e. The lowest BCUT2D eigenvalue weighted by molar-refractivity contribution is -0.123. The van der Waals surface area contributed by atoms with Crippen LogP contribution in [-0.2, 0) is 4.79 Å². The summed E-state index contributed by atoms with van der Waals surface area (Å²) in [7, 11) is 3.90. The topological polar surface area (TPSA) is 73.2 Å². The van der Waals surface area contributed by atoms with Crippen molar-refractivity contribution in [2.24, 2.45) is 5.10 Å². The number of para-hydroxylation sites is 1. The van der Waals surface area contributed by atoms with Gasteiger partial charge in [-0.25, -0.2) is 0 Å². The molecule has 0 saturated heterocycles. The highest BCUT2D eigenvalue weighted by Crippen LogP contribution is 2.24. The third-order valence-corrected chi connectivity index (χ3v) is 4.11. The maximum atomic E-state index is 12.7. The molecule has 6 heteroatoms. The fraction of sp³-hybridized carbons (Fsp3) is 0.150. The summed E-state index contributed by atoms with van der Waals surface area (Å²) >= 11 is 0. The second kappa shape index (κ2) is 6.84. The summed E-state index contributed by atoms with van der Waals surface area (Å²) in [5.41, 5.74) is 2.73. The molecule has 1 aliphatic rings. The SMILES string of the molecule is CC1=NN(C(=O)c2ccccc2O)C(=O)C1=Cc1ccc(N(C)C)cc1. The van der Waals surface area contributed by atoms with Crippen molar-refractivity contribution in [3.63, 3.8) is 0 Å². The summed E-state index contributed by atoms with van der Waals surface area (Å²) in [6.45, 7) is 1.68. The summed E-state index contributed by atoms with van der Waals surface area (Å²) < 4.78 is 0. The van der Waals surface area contributed by atoms with Gasteiger partial charge in [0, 0.05) is 19.8 Å². The number of hydrogen-bond acceptors (Lipinski definition) is 5. The molecular weight excluding hydrogens is 330 g/mol. The molecule has 2 aromatic carbocycles. The first-order valence-electron chi connectivity index (χ1n) is 8.10. The Morgan fingerprint density at radius 1 is 1.12 bits per heavy atom. The molecule has 2 aromatic rings. The second-order valence-corrected chi connectivity index (χ2v) is 6.17. The van der Waals surface area contributed by atoms with Gasteiger partial charge in [0.15, 0.2) is 0 Å². The van der Waals surface area contributed by atoms with Crippen LogP contribution < -0.4 is 4.90 Å². The number of nitrogens with zero attached hydrogens (tertiary/aromatic N) is 3. The van der Waals surface area contributed by atoms with Crippen molar-refractivity contribution in [1.82, 2.24) is 5.01 Å². The van der Waals surface area contributed by atoms with Gasteiger partial charge < -0.3 is 10.0 Å². The third kappa shape index (κ3) is 3.21. The number of hydrazone groups is 1. The molecule has 6 nitrogen and oxygen atoms in total. The van der Waals surface area contributed by atoms with E-state index < -0.39 is 11.8 Å². The number of phenolic OH excluding ortho intramolecular Hbond substituents is 1.